The lowest BCUT2D eigenvalue weighted by Crippen LogP contribution is -2.40. The second kappa shape index (κ2) is 8.32. The number of carbonyl (C=O) groups excluding carboxylic acids is 2. The Morgan fingerprint density at radius 1 is 1.15 bits per heavy atom. The molecule has 110 valence electrons. The van der Waals surface area contributed by atoms with Gasteiger partial charge < -0.3 is 9.64 Å². The predicted molar refractivity (Wildman–Crippen MR) is 77.0 cm³/mol. The maximum Gasteiger partial charge on any atom is 0.319 e. The second-order valence-electron chi connectivity index (χ2n) is 4.61. The molecule has 0 aliphatic carbocycles. The molecule has 0 N–H and O–H groups in total. The Morgan fingerprint density at radius 3 is 2.35 bits per heavy atom. The first kappa shape index (κ1) is 16.2. The van der Waals surface area contributed by atoms with Gasteiger partial charge in [-0.1, -0.05) is 37.3 Å². The van der Waals surface area contributed by atoms with Crippen molar-refractivity contribution >= 4 is 11.9 Å². The first-order chi connectivity index (χ1) is 9.56. The molecule has 0 aromatic heterocycles. The SMILES string of the molecule is CCN(CC(=O)OC)CC(=O)N(C)Cc1ccccc1. The minimum Gasteiger partial charge on any atom is -0.468 e. The summed E-state index contributed by atoms with van der Waals surface area (Å²) in [4.78, 5) is 26.8. The third-order valence-corrected chi connectivity index (χ3v) is 3.07. The van der Waals surface area contributed by atoms with E-state index in [9.17, 15) is 9.59 Å². The summed E-state index contributed by atoms with van der Waals surface area (Å²) < 4.78 is 4.61. The summed E-state index contributed by atoms with van der Waals surface area (Å²) in [5.41, 5.74) is 1.08. The maximum absolute atomic E-state index is 12.1. The molecule has 0 aliphatic heterocycles. The molecule has 0 heterocycles. The van der Waals surface area contributed by atoms with Gasteiger partial charge in [0, 0.05) is 13.6 Å². The molecule has 1 rings (SSSR count). The zero-order valence-electron chi connectivity index (χ0n) is 12.3. The first-order valence-electron chi connectivity index (χ1n) is 6.63. The topological polar surface area (TPSA) is 49.9 Å². The fourth-order valence-electron chi connectivity index (χ4n) is 1.78. The van der Waals surface area contributed by atoms with Crippen molar-refractivity contribution in [3.63, 3.8) is 0 Å². The van der Waals surface area contributed by atoms with E-state index in [1.54, 1.807) is 16.8 Å². The molecule has 5 nitrogen and oxygen atoms in total. The van der Waals surface area contributed by atoms with E-state index in [0.717, 1.165) is 5.56 Å². The van der Waals surface area contributed by atoms with Gasteiger partial charge in [-0.15, -0.1) is 0 Å². The number of hydrogen-bond donors (Lipinski definition) is 0. The van der Waals surface area contributed by atoms with E-state index in [4.69, 9.17) is 0 Å². The number of hydrogen-bond acceptors (Lipinski definition) is 4. The van der Waals surface area contributed by atoms with Crippen LogP contribution in [0.3, 0.4) is 0 Å². The number of benzene rings is 1. The lowest BCUT2D eigenvalue weighted by Gasteiger charge is -2.23. The van der Waals surface area contributed by atoms with Gasteiger partial charge in [0.2, 0.25) is 5.91 Å². The van der Waals surface area contributed by atoms with Crippen LogP contribution < -0.4 is 0 Å². The highest BCUT2D eigenvalue weighted by atomic mass is 16.5. The lowest BCUT2D eigenvalue weighted by molar-refractivity contribution is -0.142. The molecule has 0 bridgehead atoms. The van der Waals surface area contributed by atoms with E-state index >= 15 is 0 Å². The highest BCUT2D eigenvalue weighted by molar-refractivity contribution is 5.79. The van der Waals surface area contributed by atoms with E-state index in [2.05, 4.69) is 4.74 Å². The van der Waals surface area contributed by atoms with E-state index in [0.29, 0.717) is 13.1 Å². The number of nitrogens with zero attached hydrogens (tertiary/aromatic N) is 2. The van der Waals surface area contributed by atoms with Crippen LogP contribution >= 0.6 is 0 Å². The Kier molecular flexibility index (Phi) is 6.73. The van der Waals surface area contributed by atoms with Crippen LogP contribution in [0, 0.1) is 0 Å². The molecular formula is C15H22N2O3. The minimum absolute atomic E-state index is 0.0143. The average molecular weight is 278 g/mol. The molecule has 1 amide bonds. The summed E-state index contributed by atoms with van der Waals surface area (Å²) in [6.07, 6.45) is 0. The zero-order valence-corrected chi connectivity index (χ0v) is 12.3. The Labute approximate surface area is 120 Å². The normalized spacial score (nSPS) is 10.4. The van der Waals surface area contributed by atoms with Crippen LogP contribution in [0.1, 0.15) is 12.5 Å². The van der Waals surface area contributed by atoms with Crippen LogP contribution in [-0.4, -0.2) is 55.5 Å². The van der Waals surface area contributed by atoms with Gasteiger partial charge >= 0.3 is 5.97 Å². The Bertz CT molecular complexity index is 434. The summed E-state index contributed by atoms with van der Waals surface area (Å²) in [5.74, 6) is -0.343. The molecule has 0 spiro atoms. The van der Waals surface area contributed by atoms with Gasteiger partial charge in [0.15, 0.2) is 0 Å². The van der Waals surface area contributed by atoms with E-state index in [-0.39, 0.29) is 25.0 Å². The van der Waals surface area contributed by atoms with Gasteiger partial charge in [-0.2, -0.15) is 0 Å². The van der Waals surface area contributed by atoms with Crippen molar-refractivity contribution in [1.29, 1.82) is 0 Å². The van der Waals surface area contributed by atoms with Crippen molar-refractivity contribution in [1.82, 2.24) is 9.80 Å². The van der Waals surface area contributed by atoms with Crippen LogP contribution in [-0.2, 0) is 20.9 Å². The summed E-state index contributed by atoms with van der Waals surface area (Å²) in [6.45, 7) is 3.45. The number of esters is 1. The van der Waals surface area contributed by atoms with Gasteiger partial charge in [-0.05, 0) is 12.1 Å². The van der Waals surface area contributed by atoms with Gasteiger partial charge in [-0.3, -0.25) is 14.5 Å². The van der Waals surface area contributed by atoms with Gasteiger partial charge in [0.05, 0.1) is 20.2 Å². The van der Waals surface area contributed by atoms with Gasteiger partial charge in [0.1, 0.15) is 0 Å². The molecule has 1 aromatic carbocycles. The summed E-state index contributed by atoms with van der Waals surface area (Å²) in [6, 6.07) is 9.80. The van der Waals surface area contributed by atoms with Crippen LogP contribution in [0.2, 0.25) is 0 Å². The fraction of sp³-hybridized carbons (Fsp3) is 0.467. The number of rotatable bonds is 7. The summed E-state index contributed by atoms with van der Waals surface area (Å²) in [7, 11) is 3.11. The van der Waals surface area contributed by atoms with Crippen LogP contribution in [0.4, 0.5) is 0 Å². The third-order valence-electron chi connectivity index (χ3n) is 3.07. The molecule has 0 radical (unpaired) electrons. The monoisotopic (exact) mass is 278 g/mol. The maximum atomic E-state index is 12.1. The number of likely N-dealkylation sites (N-methyl/N-ethyl adjacent to an activating group) is 2. The fourth-order valence-corrected chi connectivity index (χ4v) is 1.78. The van der Waals surface area contributed by atoms with Crippen molar-refractivity contribution in [3.05, 3.63) is 35.9 Å². The zero-order chi connectivity index (χ0) is 15.0. The minimum atomic E-state index is -0.328. The lowest BCUT2D eigenvalue weighted by atomic mass is 10.2. The molecule has 0 fully saturated rings. The quantitative estimate of drug-likeness (QED) is 0.702. The number of carbonyl (C=O) groups is 2. The largest absolute Gasteiger partial charge is 0.468 e. The van der Waals surface area contributed by atoms with Crippen LogP contribution in [0.25, 0.3) is 0 Å². The molecule has 0 unspecified atom stereocenters. The molecule has 20 heavy (non-hydrogen) atoms. The third kappa shape index (κ3) is 5.40. The van der Waals surface area contributed by atoms with Gasteiger partial charge in [-0.25, -0.2) is 0 Å². The van der Waals surface area contributed by atoms with Crippen molar-refractivity contribution in [2.45, 2.75) is 13.5 Å². The van der Waals surface area contributed by atoms with Crippen molar-refractivity contribution in [2.24, 2.45) is 0 Å². The summed E-state index contributed by atoms with van der Waals surface area (Å²) >= 11 is 0. The summed E-state index contributed by atoms with van der Waals surface area (Å²) in [5, 5.41) is 0. The molecule has 1 aromatic rings. The van der Waals surface area contributed by atoms with E-state index in [1.165, 1.54) is 7.11 Å². The van der Waals surface area contributed by atoms with Crippen LogP contribution in [0.15, 0.2) is 30.3 Å². The van der Waals surface area contributed by atoms with E-state index in [1.807, 2.05) is 37.3 Å². The molecule has 0 saturated carbocycles. The van der Waals surface area contributed by atoms with Crippen molar-refractivity contribution in [3.8, 4) is 0 Å². The van der Waals surface area contributed by atoms with E-state index < -0.39 is 0 Å². The highest BCUT2D eigenvalue weighted by Crippen LogP contribution is 2.03. The standard InChI is InChI=1S/C15H22N2O3/c1-4-17(12-15(19)20-3)11-14(18)16(2)10-13-8-6-5-7-9-13/h5-9H,4,10-12H2,1-3H3. The number of amides is 1. The van der Waals surface area contributed by atoms with Gasteiger partial charge in [0.25, 0.3) is 0 Å². The first-order valence-corrected chi connectivity index (χ1v) is 6.63. The number of methoxy groups -OCH3 is 1. The Hall–Kier alpha value is -1.88. The molecule has 0 atom stereocenters. The molecule has 0 aliphatic rings. The second-order valence-corrected chi connectivity index (χ2v) is 4.61. The van der Waals surface area contributed by atoms with Crippen LogP contribution in [0.5, 0.6) is 0 Å². The Morgan fingerprint density at radius 2 is 1.80 bits per heavy atom. The predicted octanol–water partition coefficient (Wildman–Crippen LogP) is 1.14. The average Bonchev–Trinajstić information content (AvgIpc) is 2.47. The number of ether oxygens (including phenoxy) is 1. The van der Waals surface area contributed by atoms with Crippen molar-refractivity contribution in [2.75, 3.05) is 33.8 Å². The van der Waals surface area contributed by atoms with Crippen molar-refractivity contribution < 1.29 is 14.3 Å². The molecule has 5 heteroatoms. The highest BCUT2D eigenvalue weighted by Gasteiger charge is 2.16. The Balaban J connectivity index is 2.49. The smallest absolute Gasteiger partial charge is 0.319 e. The molecular weight excluding hydrogens is 256 g/mol. The molecule has 0 saturated heterocycles.